The third kappa shape index (κ3) is 3.02. The molecule has 0 aromatic heterocycles. The van der Waals surface area contributed by atoms with E-state index in [0.717, 1.165) is 11.8 Å². The van der Waals surface area contributed by atoms with Gasteiger partial charge in [-0.3, -0.25) is 0 Å². The van der Waals surface area contributed by atoms with Gasteiger partial charge in [-0.25, -0.2) is 4.39 Å². The number of hydrogen-bond acceptors (Lipinski definition) is 3. The SMILES string of the molecule is CC(Nc1ccc(C#N)cc1)c1ccc(F)cc1O. The molecule has 0 spiro atoms. The highest BCUT2D eigenvalue weighted by Crippen LogP contribution is 2.27. The van der Waals surface area contributed by atoms with Crippen LogP contribution in [0.15, 0.2) is 42.5 Å². The van der Waals surface area contributed by atoms with E-state index in [2.05, 4.69) is 5.32 Å². The Morgan fingerprint density at radius 3 is 2.47 bits per heavy atom. The summed E-state index contributed by atoms with van der Waals surface area (Å²) in [7, 11) is 0. The van der Waals surface area contributed by atoms with Gasteiger partial charge in [0.15, 0.2) is 0 Å². The van der Waals surface area contributed by atoms with Crippen molar-refractivity contribution in [1.82, 2.24) is 0 Å². The first-order valence-corrected chi connectivity index (χ1v) is 5.85. The minimum Gasteiger partial charge on any atom is -0.507 e. The van der Waals surface area contributed by atoms with Crippen molar-refractivity contribution >= 4 is 5.69 Å². The molecular weight excluding hydrogens is 243 g/mol. The maximum Gasteiger partial charge on any atom is 0.126 e. The van der Waals surface area contributed by atoms with Gasteiger partial charge in [-0.15, -0.1) is 0 Å². The zero-order chi connectivity index (χ0) is 13.8. The second-order valence-electron chi connectivity index (χ2n) is 4.26. The summed E-state index contributed by atoms with van der Waals surface area (Å²) in [6, 6.07) is 12.8. The molecule has 1 unspecified atom stereocenters. The lowest BCUT2D eigenvalue weighted by molar-refractivity contribution is 0.459. The van der Waals surface area contributed by atoms with Crippen molar-refractivity contribution in [3.8, 4) is 11.8 Å². The molecule has 0 amide bonds. The van der Waals surface area contributed by atoms with Crippen molar-refractivity contribution in [3.63, 3.8) is 0 Å². The van der Waals surface area contributed by atoms with Crippen LogP contribution < -0.4 is 5.32 Å². The number of nitrogens with zero attached hydrogens (tertiary/aromatic N) is 1. The first-order chi connectivity index (χ1) is 9.10. The molecule has 0 aliphatic rings. The fourth-order valence-electron chi connectivity index (χ4n) is 1.85. The number of rotatable bonds is 3. The van der Waals surface area contributed by atoms with Crippen molar-refractivity contribution < 1.29 is 9.50 Å². The van der Waals surface area contributed by atoms with E-state index in [0.29, 0.717) is 11.1 Å². The van der Waals surface area contributed by atoms with Gasteiger partial charge in [0.1, 0.15) is 11.6 Å². The summed E-state index contributed by atoms with van der Waals surface area (Å²) in [5.74, 6) is -0.541. The van der Waals surface area contributed by atoms with Crippen molar-refractivity contribution in [2.75, 3.05) is 5.32 Å². The van der Waals surface area contributed by atoms with Crippen molar-refractivity contribution in [2.45, 2.75) is 13.0 Å². The lowest BCUT2D eigenvalue weighted by atomic mass is 10.1. The molecule has 0 heterocycles. The predicted molar refractivity (Wildman–Crippen MR) is 71.3 cm³/mol. The van der Waals surface area contributed by atoms with E-state index >= 15 is 0 Å². The van der Waals surface area contributed by atoms with Gasteiger partial charge in [-0.05, 0) is 37.3 Å². The van der Waals surface area contributed by atoms with Crippen LogP contribution in [0.1, 0.15) is 24.1 Å². The normalized spacial score (nSPS) is 11.6. The molecule has 2 N–H and O–H groups in total. The van der Waals surface area contributed by atoms with Crippen molar-refractivity contribution in [3.05, 3.63) is 59.4 Å². The van der Waals surface area contributed by atoms with Gasteiger partial charge < -0.3 is 10.4 Å². The van der Waals surface area contributed by atoms with E-state index in [1.54, 1.807) is 30.3 Å². The quantitative estimate of drug-likeness (QED) is 0.882. The van der Waals surface area contributed by atoms with E-state index in [9.17, 15) is 9.50 Å². The lowest BCUT2D eigenvalue weighted by Gasteiger charge is -2.17. The summed E-state index contributed by atoms with van der Waals surface area (Å²) >= 11 is 0. The van der Waals surface area contributed by atoms with E-state index < -0.39 is 5.82 Å². The van der Waals surface area contributed by atoms with E-state index in [-0.39, 0.29) is 11.8 Å². The highest BCUT2D eigenvalue weighted by atomic mass is 19.1. The van der Waals surface area contributed by atoms with Gasteiger partial charge in [0, 0.05) is 17.3 Å². The largest absolute Gasteiger partial charge is 0.507 e. The number of nitriles is 1. The summed E-state index contributed by atoms with van der Waals surface area (Å²) in [6.07, 6.45) is 0. The minimum absolute atomic E-state index is 0.0753. The molecule has 0 saturated heterocycles. The molecule has 0 radical (unpaired) electrons. The standard InChI is InChI=1S/C15H13FN2O/c1-10(14-7-4-12(16)8-15(14)19)18-13-5-2-11(9-17)3-6-13/h2-8,10,18-19H,1H3. The summed E-state index contributed by atoms with van der Waals surface area (Å²) in [4.78, 5) is 0. The van der Waals surface area contributed by atoms with Crippen LogP contribution in [0.3, 0.4) is 0 Å². The van der Waals surface area contributed by atoms with Gasteiger partial charge in [0.25, 0.3) is 0 Å². The van der Waals surface area contributed by atoms with Crippen LogP contribution in [0.4, 0.5) is 10.1 Å². The molecule has 0 aliphatic heterocycles. The smallest absolute Gasteiger partial charge is 0.126 e. The van der Waals surface area contributed by atoms with Crippen LogP contribution in [0.25, 0.3) is 0 Å². The van der Waals surface area contributed by atoms with Gasteiger partial charge in [-0.1, -0.05) is 6.07 Å². The Kier molecular flexibility index (Phi) is 3.67. The molecule has 0 bridgehead atoms. The molecule has 96 valence electrons. The van der Waals surface area contributed by atoms with Crippen LogP contribution in [0.5, 0.6) is 5.75 Å². The Balaban J connectivity index is 2.16. The van der Waals surface area contributed by atoms with Crippen LogP contribution >= 0.6 is 0 Å². The molecule has 0 fully saturated rings. The van der Waals surface area contributed by atoms with Crippen LogP contribution in [-0.4, -0.2) is 5.11 Å². The fraction of sp³-hybridized carbons (Fsp3) is 0.133. The molecule has 19 heavy (non-hydrogen) atoms. The molecule has 2 rings (SSSR count). The number of aromatic hydroxyl groups is 1. The maximum atomic E-state index is 12.9. The van der Waals surface area contributed by atoms with Crippen molar-refractivity contribution in [1.29, 1.82) is 5.26 Å². The Labute approximate surface area is 110 Å². The summed E-state index contributed by atoms with van der Waals surface area (Å²) in [6.45, 7) is 1.87. The number of phenols is 1. The number of anilines is 1. The van der Waals surface area contributed by atoms with Gasteiger partial charge in [-0.2, -0.15) is 5.26 Å². The van der Waals surface area contributed by atoms with Gasteiger partial charge in [0.2, 0.25) is 0 Å². The highest BCUT2D eigenvalue weighted by molar-refractivity contribution is 5.50. The number of benzene rings is 2. The van der Waals surface area contributed by atoms with Crippen molar-refractivity contribution in [2.24, 2.45) is 0 Å². The highest BCUT2D eigenvalue weighted by Gasteiger charge is 2.10. The molecule has 1 atom stereocenters. The number of phenolic OH excluding ortho intramolecular Hbond substituents is 1. The number of nitrogens with one attached hydrogen (secondary N) is 1. The molecular formula is C15H13FN2O. The topological polar surface area (TPSA) is 56.0 Å². The third-order valence-corrected chi connectivity index (χ3v) is 2.86. The molecule has 2 aromatic carbocycles. The Bertz CT molecular complexity index is 617. The summed E-state index contributed by atoms with van der Waals surface area (Å²) in [5, 5.41) is 21.6. The summed E-state index contributed by atoms with van der Waals surface area (Å²) < 4.78 is 12.9. The molecule has 2 aromatic rings. The lowest BCUT2D eigenvalue weighted by Crippen LogP contribution is -2.06. The second-order valence-corrected chi connectivity index (χ2v) is 4.26. The maximum absolute atomic E-state index is 12.9. The van der Waals surface area contributed by atoms with Crippen LogP contribution in [0.2, 0.25) is 0 Å². The minimum atomic E-state index is -0.466. The number of hydrogen-bond donors (Lipinski definition) is 2. The van der Waals surface area contributed by atoms with Crippen LogP contribution in [-0.2, 0) is 0 Å². The monoisotopic (exact) mass is 256 g/mol. The molecule has 4 heteroatoms. The fourth-order valence-corrected chi connectivity index (χ4v) is 1.85. The molecule has 0 saturated carbocycles. The first-order valence-electron chi connectivity index (χ1n) is 5.85. The predicted octanol–water partition coefficient (Wildman–Crippen LogP) is 3.58. The average molecular weight is 256 g/mol. The van der Waals surface area contributed by atoms with E-state index in [1.165, 1.54) is 6.07 Å². The zero-order valence-electron chi connectivity index (χ0n) is 10.4. The first kappa shape index (κ1) is 12.9. The van der Waals surface area contributed by atoms with E-state index in [1.807, 2.05) is 13.0 Å². The second kappa shape index (κ2) is 5.40. The number of halogens is 1. The molecule has 0 aliphatic carbocycles. The van der Waals surface area contributed by atoms with Gasteiger partial charge >= 0.3 is 0 Å². The Morgan fingerprint density at radius 1 is 1.21 bits per heavy atom. The van der Waals surface area contributed by atoms with Gasteiger partial charge in [0.05, 0.1) is 17.7 Å². The molecule has 3 nitrogen and oxygen atoms in total. The van der Waals surface area contributed by atoms with E-state index in [4.69, 9.17) is 5.26 Å². The average Bonchev–Trinajstić information content (AvgIpc) is 2.39. The zero-order valence-corrected chi connectivity index (χ0v) is 10.4. The Hall–Kier alpha value is -2.54. The third-order valence-electron chi connectivity index (χ3n) is 2.86. The van der Waals surface area contributed by atoms with Crippen LogP contribution in [0, 0.1) is 17.1 Å². The summed E-state index contributed by atoms with van der Waals surface area (Å²) in [5.41, 5.74) is 2.03. The Morgan fingerprint density at radius 2 is 1.89 bits per heavy atom.